The molecule has 0 aromatic carbocycles. The van der Waals surface area contributed by atoms with E-state index in [1.807, 2.05) is 6.08 Å². The summed E-state index contributed by atoms with van der Waals surface area (Å²) >= 11 is 0. The van der Waals surface area contributed by atoms with Crippen molar-refractivity contribution in [3.8, 4) is 0 Å². The second-order valence-electron chi connectivity index (χ2n) is 3.68. The lowest BCUT2D eigenvalue weighted by Gasteiger charge is -2.25. The van der Waals surface area contributed by atoms with E-state index in [0.29, 0.717) is 18.9 Å². The smallest absolute Gasteiger partial charge is 0.274 e. The highest BCUT2D eigenvalue weighted by Crippen LogP contribution is 2.12. The lowest BCUT2D eigenvalue weighted by molar-refractivity contribution is -0.404. The van der Waals surface area contributed by atoms with Crippen LogP contribution >= 0.6 is 0 Å². The Hall–Kier alpha value is -2.44. The van der Waals surface area contributed by atoms with Crippen molar-refractivity contribution < 1.29 is 9.31 Å². The van der Waals surface area contributed by atoms with Gasteiger partial charge in [0.2, 0.25) is 5.95 Å². The predicted octanol–water partition coefficient (Wildman–Crippen LogP) is 1.22. The minimum Gasteiger partial charge on any atom is -0.363 e. The number of nitro groups is 1. The third-order valence-electron chi connectivity index (χ3n) is 2.37. The molecule has 1 aromatic heterocycles. The summed E-state index contributed by atoms with van der Waals surface area (Å²) in [6, 6.07) is 2.85. The van der Waals surface area contributed by atoms with Crippen LogP contribution in [0.1, 0.15) is 5.56 Å². The zero-order valence-corrected chi connectivity index (χ0v) is 9.41. The Morgan fingerprint density at radius 1 is 1.61 bits per heavy atom. The number of hydrogen-bond donors (Lipinski definition) is 1. The second-order valence-corrected chi connectivity index (χ2v) is 3.68. The molecule has 0 unspecified atom stereocenters. The van der Waals surface area contributed by atoms with Crippen LogP contribution in [0.4, 0.5) is 4.39 Å². The molecule has 94 valence electrons. The van der Waals surface area contributed by atoms with Gasteiger partial charge in [-0.2, -0.15) is 4.39 Å². The van der Waals surface area contributed by atoms with E-state index in [9.17, 15) is 14.5 Å². The van der Waals surface area contributed by atoms with Crippen LogP contribution < -0.4 is 5.32 Å². The fourth-order valence-corrected chi connectivity index (χ4v) is 1.58. The first-order valence-electron chi connectivity index (χ1n) is 5.28. The van der Waals surface area contributed by atoms with Crippen LogP contribution in [0, 0.1) is 16.1 Å². The average Bonchev–Trinajstić information content (AvgIpc) is 2.34. The first-order valence-corrected chi connectivity index (χ1v) is 5.28. The number of hydrogen-bond acceptors (Lipinski definition) is 5. The Bertz CT molecular complexity index is 498. The molecule has 1 aliphatic rings. The SMILES string of the molecule is O=[N+]([O-])C=C1NCC=CN1Cc1ccc(F)nc1. The highest BCUT2D eigenvalue weighted by molar-refractivity contribution is 5.14. The summed E-state index contributed by atoms with van der Waals surface area (Å²) in [5, 5.41) is 13.4. The van der Waals surface area contributed by atoms with Crippen molar-refractivity contribution in [1.82, 2.24) is 15.2 Å². The molecule has 0 bridgehead atoms. The molecule has 0 saturated heterocycles. The lowest BCUT2D eigenvalue weighted by atomic mass is 10.2. The highest BCUT2D eigenvalue weighted by atomic mass is 19.1. The van der Waals surface area contributed by atoms with Gasteiger partial charge >= 0.3 is 0 Å². The molecule has 0 spiro atoms. The van der Waals surface area contributed by atoms with Gasteiger partial charge in [0.25, 0.3) is 6.20 Å². The molecule has 1 aliphatic heterocycles. The van der Waals surface area contributed by atoms with E-state index in [4.69, 9.17) is 0 Å². The summed E-state index contributed by atoms with van der Waals surface area (Å²) in [7, 11) is 0. The average molecular weight is 250 g/mol. The number of nitrogens with one attached hydrogen (secondary N) is 1. The summed E-state index contributed by atoms with van der Waals surface area (Å²) in [5.74, 6) is -0.154. The zero-order valence-electron chi connectivity index (χ0n) is 9.41. The fourth-order valence-electron chi connectivity index (χ4n) is 1.58. The van der Waals surface area contributed by atoms with Crippen LogP contribution in [0.3, 0.4) is 0 Å². The normalized spacial score (nSPS) is 16.7. The summed E-state index contributed by atoms with van der Waals surface area (Å²) in [6.07, 6.45) is 5.89. The van der Waals surface area contributed by atoms with E-state index in [2.05, 4.69) is 10.3 Å². The minimum absolute atomic E-state index is 0.385. The topological polar surface area (TPSA) is 71.3 Å². The monoisotopic (exact) mass is 250 g/mol. The van der Waals surface area contributed by atoms with Crippen molar-refractivity contribution in [3.63, 3.8) is 0 Å². The molecule has 18 heavy (non-hydrogen) atoms. The van der Waals surface area contributed by atoms with Gasteiger partial charge in [-0.15, -0.1) is 0 Å². The van der Waals surface area contributed by atoms with Gasteiger partial charge in [0, 0.05) is 18.9 Å². The van der Waals surface area contributed by atoms with Crippen LogP contribution in [0.5, 0.6) is 0 Å². The Morgan fingerprint density at radius 2 is 2.44 bits per heavy atom. The van der Waals surface area contributed by atoms with Crippen molar-refractivity contribution in [2.75, 3.05) is 6.54 Å². The van der Waals surface area contributed by atoms with Gasteiger partial charge in [-0.25, -0.2) is 4.98 Å². The second kappa shape index (κ2) is 5.26. The Kier molecular flexibility index (Phi) is 3.52. The first kappa shape index (κ1) is 12.0. The maximum Gasteiger partial charge on any atom is 0.274 e. The molecular formula is C11H11FN4O2. The van der Waals surface area contributed by atoms with Gasteiger partial charge < -0.3 is 10.2 Å². The summed E-state index contributed by atoms with van der Waals surface area (Å²) in [4.78, 5) is 15.2. The molecular weight excluding hydrogens is 239 g/mol. The Morgan fingerprint density at radius 3 is 3.11 bits per heavy atom. The summed E-state index contributed by atoms with van der Waals surface area (Å²) in [6.45, 7) is 0.925. The third-order valence-corrected chi connectivity index (χ3v) is 2.37. The molecule has 0 amide bonds. The van der Waals surface area contributed by atoms with E-state index in [0.717, 1.165) is 11.8 Å². The van der Waals surface area contributed by atoms with Crippen LogP contribution in [-0.2, 0) is 6.54 Å². The zero-order chi connectivity index (χ0) is 13.0. The summed E-state index contributed by atoms with van der Waals surface area (Å²) in [5.41, 5.74) is 0.763. The molecule has 0 aliphatic carbocycles. The quantitative estimate of drug-likeness (QED) is 0.496. The van der Waals surface area contributed by atoms with Gasteiger partial charge in [0.05, 0.1) is 11.5 Å². The van der Waals surface area contributed by atoms with Gasteiger partial charge in [-0.3, -0.25) is 10.1 Å². The molecule has 7 heteroatoms. The Balaban J connectivity index is 2.15. The van der Waals surface area contributed by atoms with Crippen molar-refractivity contribution in [2.45, 2.75) is 6.54 Å². The van der Waals surface area contributed by atoms with Crippen LogP contribution in [0.2, 0.25) is 0 Å². The van der Waals surface area contributed by atoms with Crippen molar-refractivity contribution in [2.24, 2.45) is 0 Å². The molecule has 1 N–H and O–H groups in total. The number of halogens is 1. The molecule has 0 saturated carbocycles. The molecule has 0 fully saturated rings. The number of rotatable bonds is 3. The van der Waals surface area contributed by atoms with E-state index < -0.39 is 10.9 Å². The van der Waals surface area contributed by atoms with Gasteiger partial charge in [0.1, 0.15) is 0 Å². The standard InChI is InChI=1S/C11H11FN4O2/c12-10-3-2-9(6-14-10)7-15-5-1-4-13-11(15)8-16(17)18/h1-3,5-6,8,13H,4,7H2. The Labute approximate surface area is 103 Å². The van der Waals surface area contributed by atoms with Crippen molar-refractivity contribution in [1.29, 1.82) is 0 Å². The van der Waals surface area contributed by atoms with Crippen LogP contribution in [0.15, 0.2) is 42.6 Å². The van der Waals surface area contributed by atoms with Crippen molar-refractivity contribution >= 4 is 0 Å². The first-order chi connectivity index (χ1) is 8.65. The largest absolute Gasteiger partial charge is 0.363 e. The highest BCUT2D eigenvalue weighted by Gasteiger charge is 2.14. The molecule has 0 radical (unpaired) electrons. The maximum atomic E-state index is 12.7. The van der Waals surface area contributed by atoms with E-state index in [-0.39, 0.29) is 0 Å². The lowest BCUT2D eigenvalue weighted by Crippen LogP contribution is -2.32. The van der Waals surface area contributed by atoms with Gasteiger partial charge in [0.15, 0.2) is 5.82 Å². The molecule has 6 nitrogen and oxygen atoms in total. The van der Waals surface area contributed by atoms with Crippen LogP contribution in [0.25, 0.3) is 0 Å². The van der Waals surface area contributed by atoms with E-state index >= 15 is 0 Å². The molecule has 1 aromatic rings. The minimum atomic E-state index is -0.549. The number of pyridine rings is 1. The number of nitrogens with zero attached hydrogens (tertiary/aromatic N) is 3. The van der Waals surface area contributed by atoms with Gasteiger partial charge in [-0.1, -0.05) is 6.07 Å². The van der Waals surface area contributed by atoms with E-state index in [1.54, 1.807) is 17.2 Å². The molecule has 2 heterocycles. The molecule has 0 atom stereocenters. The van der Waals surface area contributed by atoms with E-state index in [1.165, 1.54) is 12.3 Å². The van der Waals surface area contributed by atoms with Gasteiger partial charge in [-0.05, 0) is 17.7 Å². The predicted molar refractivity (Wildman–Crippen MR) is 62.0 cm³/mol. The fraction of sp³-hybridized carbons (Fsp3) is 0.182. The maximum absolute atomic E-state index is 12.7. The molecule has 2 rings (SSSR count). The third kappa shape index (κ3) is 3.03. The van der Waals surface area contributed by atoms with Crippen LogP contribution in [-0.4, -0.2) is 21.4 Å². The van der Waals surface area contributed by atoms with Crippen molar-refractivity contribution in [3.05, 3.63) is 64.3 Å². The number of aromatic nitrogens is 1. The summed E-state index contributed by atoms with van der Waals surface area (Å²) < 4.78 is 12.7.